The van der Waals surface area contributed by atoms with Gasteiger partial charge in [-0.2, -0.15) is 0 Å². The number of carbonyl (C=O) groups excluding carboxylic acids is 2. The second-order valence-electron chi connectivity index (χ2n) is 7.62. The van der Waals surface area contributed by atoms with Crippen molar-refractivity contribution in [2.75, 3.05) is 18.0 Å². The molecular formula is C25H21FN2O5S. The number of aryl methyl sites for hydroxylation is 1. The Morgan fingerprint density at radius 2 is 1.62 bits per heavy atom. The van der Waals surface area contributed by atoms with Gasteiger partial charge in [0.2, 0.25) is 0 Å². The van der Waals surface area contributed by atoms with E-state index >= 15 is 0 Å². The highest BCUT2D eigenvalue weighted by molar-refractivity contribution is 7.92. The minimum atomic E-state index is -4.17. The Hall–Kier alpha value is -3.98. The standard InChI is InChI=1S/C25H21FN2O5S/c1-17-7-13-20(14-8-17)34(31,32)28(19-11-9-18(26)10-12-19)16-24(29)27-15-22(25(30)33-2)21-5-3-4-6-23(21)27/h3-15H,16H2,1-2H3. The average Bonchev–Trinajstić information content (AvgIpc) is 3.23. The molecule has 4 aromatic rings. The van der Waals surface area contributed by atoms with Crippen LogP contribution in [0.5, 0.6) is 0 Å². The zero-order valence-electron chi connectivity index (χ0n) is 18.4. The molecule has 9 heteroatoms. The molecule has 0 spiro atoms. The number of fused-ring (bicyclic) bond motifs is 1. The Morgan fingerprint density at radius 3 is 2.26 bits per heavy atom. The summed E-state index contributed by atoms with van der Waals surface area (Å²) in [5.74, 6) is -1.77. The van der Waals surface area contributed by atoms with E-state index in [-0.39, 0.29) is 16.1 Å². The van der Waals surface area contributed by atoms with E-state index in [4.69, 9.17) is 4.74 Å². The van der Waals surface area contributed by atoms with Crippen LogP contribution in [-0.4, -0.2) is 38.5 Å². The van der Waals surface area contributed by atoms with E-state index in [2.05, 4.69) is 0 Å². The summed E-state index contributed by atoms with van der Waals surface area (Å²) in [6, 6.07) is 17.8. The number of aromatic nitrogens is 1. The topological polar surface area (TPSA) is 85.7 Å². The Kier molecular flexibility index (Phi) is 6.21. The van der Waals surface area contributed by atoms with Crippen LogP contribution in [0.3, 0.4) is 0 Å². The summed E-state index contributed by atoms with van der Waals surface area (Å²) in [6.07, 6.45) is 1.33. The SMILES string of the molecule is COC(=O)c1cn(C(=O)CN(c2ccc(F)cc2)S(=O)(=O)c2ccc(C)cc2)c2ccccc12. The van der Waals surface area contributed by atoms with Gasteiger partial charge in [-0.3, -0.25) is 13.7 Å². The summed E-state index contributed by atoms with van der Waals surface area (Å²) in [4.78, 5) is 25.6. The normalized spacial score (nSPS) is 11.4. The second kappa shape index (κ2) is 9.11. The predicted octanol–water partition coefficient (Wildman–Crippen LogP) is 4.41. The zero-order valence-corrected chi connectivity index (χ0v) is 19.3. The molecule has 0 saturated heterocycles. The number of anilines is 1. The number of benzene rings is 3. The fourth-order valence-electron chi connectivity index (χ4n) is 3.62. The van der Waals surface area contributed by atoms with Crippen LogP contribution in [-0.2, 0) is 14.8 Å². The van der Waals surface area contributed by atoms with E-state index in [0.717, 1.165) is 22.0 Å². The van der Waals surface area contributed by atoms with Crippen molar-refractivity contribution in [2.24, 2.45) is 0 Å². The van der Waals surface area contributed by atoms with Gasteiger partial charge in [-0.1, -0.05) is 35.9 Å². The molecule has 0 radical (unpaired) electrons. The lowest BCUT2D eigenvalue weighted by molar-refractivity contribution is 0.0603. The highest BCUT2D eigenvalue weighted by Gasteiger charge is 2.29. The van der Waals surface area contributed by atoms with Gasteiger partial charge >= 0.3 is 5.97 Å². The van der Waals surface area contributed by atoms with Gasteiger partial charge in [0.1, 0.15) is 12.4 Å². The van der Waals surface area contributed by atoms with Crippen LogP contribution in [0.2, 0.25) is 0 Å². The zero-order chi connectivity index (χ0) is 24.5. The first-order valence-corrected chi connectivity index (χ1v) is 11.7. The first-order chi connectivity index (χ1) is 16.2. The van der Waals surface area contributed by atoms with E-state index in [1.165, 1.54) is 42.1 Å². The van der Waals surface area contributed by atoms with Crippen molar-refractivity contribution >= 4 is 38.5 Å². The summed E-state index contributed by atoms with van der Waals surface area (Å²) in [6.45, 7) is 1.24. The van der Waals surface area contributed by atoms with Crippen LogP contribution >= 0.6 is 0 Å². The van der Waals surface area contributed by atoms with E-state index in [1.807, 2.05) is 6.92 Å². The number of hydrogen-bond acceptors (Lipinski definition) is 5. The lowest BCUT2D eigenvalue weighted by Crippen LogP contribution is -2.37. The molecule has 0 fully saturated rings. The van der Waals surface area contributed by atoms with E-state index in [0.29, 0.717) is 10.9 Å². The van der Waals surface area contributed by atoms with Crippen LogP contribution < -0.4 is 4.31 Å². The lowest BCUT2D eigenvalue weighted by Gasteiger charge is -2.24. The lowest BCUT2D eigenvalue weighted by atomic mass is 10.2. The van der Waals surface area contributed by atoms with Crippen LogP contribution in [0.4, 0.5) is 10.1 Å². The third kappa shape index (κ3) is 4.29. The Morgan fingerprint density at radius 1 is 0.971 bits per heavy atom. The predicted molar refractivity (Wildman–Crippen MR) is 126 cm³/mol. The van der Waals surface area contributed by atoms with Crippen molar-refractivity contribution in [1.29, 1.82) is 0 Å². The van der Waals surface area contributed by atoms with Gasteiger partial charge in [-0.05, 0) is 49.4 Å². The molecule has 0 N–H and O–H groups in total. The molecule has 0 amide bonds. The number of halogens is 1. The quantitative estimate of drug-likeness (QED) is 0.382. The van der Waals surface area contributed by atoms with Gasteiger partial charge in [0.15, 0.2) is 0 Å². The van der Waals surface area contributed by atoms with E-state index in [1.54, 1.807) is 36.4 Å². The van der Waals surface area contributed by atoms with Crippen molar-refractivity contribution in [3.8, 4) is 0 Å². The van der Waals surface area contributed by atoms with E-state index in [9.17, 15) is 22.4 Å². The average molecular weight is 481 g/mol. The number of para-hydroxylation sites is 1. The number of ether oxygens (including phenoxy) is 1. The van der Waals surface area contributed by atoms with Crippen LogP contribution in [0.15, 0.2) is 83.9 Å². The van der Waals surface area contributed by atoms with E-state index < -0.39 is 34.3 Å². The Labute approximate surface area is 196 Å². The number of sulfonamides is 1. The number of nitrogens with zero attached hydrogens (tertiary/aromatic N) is 2. The summed E-state index contributed by atoms with van der Waals surface area (Å²) in [7, 11) is -2.93. The van der Waals surface area contributed by atoms with Crippen LogP contribution in [0.1, 0.15) is 20.7 Å². The molecule has 0 atom stereocenters. The highest BCUT2D eigenvalue weighted by Crippen LogP contribution is 2.26. The third-order valence-corrected chi connectivity index (χ3v) is 7.18. The Bertz CT molecular complexity index is 1480. The first-order valence-electron chi connectivity index (χ1n) is 10.3. The summed E-state index contributed by atoms with van der Waals surface area (Å²) >= 11 is 0. The van der Waals surface area contributed by atoms with Crippen molar-refractivity contribution in [1.82, 2.24) is 4.57 Å². The molecule has 7 nitrogen and oxygen atoms in total. The number of rotatable bonds is 6. The van der Waals surface area contributed by atoms with Crippen molar-refractivity contribution in [3.05, 3.63) is 95.9 Å². The summed E-state index contributed by atoms with van der Waals surface area (Å²) in [5, 5.41) is 0.498. The number of methoxy groups -OCH3 is 1. The van der Waals surface area contributed by atoms with Gasteiger partial charge in [-0.15, -0.1) is 0 Å². The smallest absolute Gasteiger partial charge is 0.340 e. The van der Waals surface area contributed by atoms with Gasteiger partial charge < -0.3 is 4.74 Å². The molecule has 0 aliphatic carbocycles. The van der Waals surface area contributed by atoms with Gasteiger partial charge in [-0.25, -0.2) is 17.6 Å². The molecule has 0 bridgehead atoms. The fourth-order valence-corrected chi connectivity index (χ4v) is 5.03. The molecule has 174 valence electrons. The molecule has 34 heavy (non-hydrogen) atoms. The van der Waals surface area contributed by atoms with Crippen molar-refractivity contribution in [2.45, 2.75) is 11.8 Å². The highest BCUT2D eigenvalue weighted by atomic mass is 32.2. The molecule has 0 aliphatic heterocycles. The van der Waals surface area contributed by atoms with Gasteiger partial charge in [0.05, 0.1) is 28.8 Å². The molecular weight excluding hydrogens is 459 g/mol. The Balaban J connectivity index is 1.80. The molecule has 0 unspecified atom stereocenters. The molecule has 1 heterocycles. The third-order valence-electron chi connectivity index (χ3n) is 5.39. The summed E-state index contributed by atoms with van der Waals surface area (Å²) in [5.41, 5.74) is 1.61. The second-order valence-corrected chi connectivity index (χ2v) is 9.48. The molecule has 4 rings (SSSR count). The molecule has 3 aromatic carbocycles. The van der Waals surface area contributed by atoms with Crippen LogP contribution in [0.25, 0.3) is 10.9 Å². The van der Waals surface area contributed by atoms with Gasteiger partial charge in [0.25, 0.3) is 15.9 Å². The van der Waals surface area contributed by atoms with Crippen molar-refractivity contribution in [3.63, 3.8) is 0 Å². The number of esters is 1. The fraction of sp³-hybridized carbons (Fsp3) is 0.120. The molecule has 0 saturated carbocycles. The van der Waals surface area contributed by atoms with Crippen LogP contribution in [0, 0.1) is 12.7 Å². The summed E-state index contributed by atoms with van der Waals surface area (Å²) < 4.78 is 47.5. The minimum Gasteiger partial charge on any atom is -0.465 e. The molecule has 0 aliphatic rings. The van der Waals surface area contributed by atoms with Crippen molar-refractivity contribution < 1.29 is 27.1 Å². The number of hydrogen-bond donors (Lipinski definition) is 0. The first kappa shape index (κ1) is 23.2. The number of carbonyl (C=O) groups is 2. The maximum absolute atomic E-state index is 13.5. The minimum absolute atomic E-state index is 0.0113. The monoisotopic (exact) mass is 480 g/mol. The largest absolute Gasteiger partial charge is 0.465 e. The maximum Gasteiger partial charge on any atom is 0.340 e. The maximum atomic E-state index is 13.5. The van der Waals surface area contributed by atoms with Gasteiger partial charge in [0, 0.05) is 11.6 Å². The molecule has 1 aromatic heterocycles.